The van der Waals surface area contributed by atoms with Gasteiger partial charge in [-0.3, -0.25) is 4.79 Å². The monoisotopic (exact) mass is 337 g/mol. The molecule has 0 bridgehead atoms. The first-order valence-corrected chi connectivity index (χ1v) is 6.89. The van der Waals surface area contributed by atoms with Gasteiger partial charge in [0.15, 0.2) is 0 Å². The molecule has 1 heterocycles. The standard InChI is InChI=1S/C16H19N3O3.ClH/c1-17-11-15(20)18-9-12-6-7-16(19-10-12)22-14-5-3-4-13(8-14)21-2;/h3-8,10,17H,9,11H2,1-2H3,(H,18,20);1H. The Labute approximate surface area is 141 Å². The third-order valence-corrected chi connectivity index (χ3v) is 2.89. The molecule has 2 N–H and O–H groups in total. The Balaban J connectivity index is 0.00000264. The third kappa shape index (κ3) is 6.14. The van der Waals surface area contributed by atoms with E-state index in [1.165, 1.54) is 0 Å². The number of carbonyl (C=O) groups excluding carboxylic acids is 1. The number of pyridine rings is 1. The number of hydrogen-bond donors (Lipinski definition) is 2. The Morgan fingerprint density at radius 1 is 1.22 bits per heavy atom. The zero-order valence-electron chi connectivity index (χ0n) is 13.0. The summed E-state index contributed by atoms with van der Waals surface area (Å²) in [4.78, 5) is 15.6. The van der Waals surface area contributed by atoms with Gasteiger partial charge in [-0.1, -0.05) is 12.1 Å². The molecule has 23 heavy (non-hydrogen) atoms. The quantitative estimate of drug-likeness (QED) is 0.810. The lowest BCUT2D eigenvalue weighted by Crippen LogP contribution is -2.31. The number of carbonyl (C=O) groups is 1. The highest BCUT2D eigenvalue weighted by Crippen LogP contribution is 2.23. The summed E-state index contributed by atoms with van der Waals surface area (Å²) < 4.78 is 10.8. The molecule has 0 saturated heterocycles. The van der Waals surface area contributed by atoms with Crippen molar-refractivity contribution in [3.63, 3.8) is 0 Å². The predicted octanol–water partition coefficient (Wildman–Crippen LogP) is 2.14. The molecule has 0 aliphatic rings. The molecule has 0 aliphatic heterocycles. The van der Waals surface area contributed by atoms with Crippen molar-refractivity contribution in [2.24, 2.45) is 0 Å². The van der Waals surface area contributed by atoms with Gasteiger partial charge < -0.3 is 20.1 Å². The Bertz CT molecular complexity index is 620. The topological polar surface area (TPSA) is 72.5 Å². The van der Waals surface area contributed by atoms with Crippen LogP contribution in [-0.4, -0.2) is 31.6 Å². The van der Waals surface area contributed by atoms with E-state index < -0.39 is 0 Å². The van der Waals surface area contributed by atoms with Crippen molar-refractivity contribution in [2.75, 3.05) is 20.7 Å². The lowest BCUT2D eigenvalue weighted by atomic mass is 10.3. The van der Waals surface area contributed by atoms with Crippen molar-refractivity contribution >= 4 is 18.3 Å². The van der Waals surface area contributed by atoms with Crippen LogP contribution in [0.4, 0.5) is 0 Å². The highest BCUT2D eigenvalue weighted by Gasteiger charge is 2.03. The number of ether oxygens (including phenoxy) is 2. The molecule has 2 aromatic rings. The molecule has 2 rings (SSSR count). The van der Waals surface area contributed by atoms with Crippen LogP contribution >= 0.6 is 12.4 Å². The molecule has 0 aliphatic carbocycles. The normalized spacial score (nSPS) is 9.65. The molecular weight excluding hydrogens is 318 g/mol. The second-order valence-corrected chi connectivity index (χ2v) is 4.59. The van der Waals surface area contributed by atoms with Crippen LogP contribution in [0.2, 0.25) is 0 Å². The Kier molecular flexibility index (Phi) is 7.87. The fourth-order valence-electron chi connectivity index (χ4n) is 1.78. The van der Waals surface area contributed by atoms with Crippen LogP contribution in [0.25, 0.3) is 0 Å². The maximum Gasteiger partial charge on any atom is 0.234 e. The summed E-state index contributed by atoms with van der Waals surface area (Å²) in [5, 5.41) is 5.58. The number of aromatic nitrogens is 1. The lowest BCUT2D eigenvalue weighted by molar-refractivity contribution is -0.120. The molecule has 124 valence electrons. The first-order chi connectivity index (χ1) is 10.7. The minimum atomic E-state index is -0.0563. The van der Waals surface area contributed by atoms with Gasteiger partial charge in [0.05, 0.1) is 13.7 Å². The van der Waals surface area contributed by atoms with E-state index in [9.17, 15) is 4.79 Å². The van der Waals surface area contributed by atoms with Gasteiger partial charge >= 0.3 is 0 Å². The summed E-state index contributed by atoms with van der Waals surface area (Å²) in [6, 6.07) is 10.9. The number of nitrogens with zero attached hydrogens (tertiary/aromatic N) is 1. The van der Waals surface area contributed by atoms with E-state index in [2.05, 4.69) is 15.6 Å². The van der Waals surface area contributed by atoms with E-state index in [1.54, 1.807) is 32.5 Å². The molecule has 1 aromatic heterocycles. The molecule has 0 fully saturated rings. The van der Waals surface area contributed by atoms with Crippen LogP contribution in [0, 0.1) is 0 Å². The maximum absolute atomic E-state index is 11.4. The molecule has 0 radical (unpaired) electrons. The van der Waals surface area contributed by atoms with E-state index in [0.717, 1.165) is 11.3 Å². The minimum Gasteiger partial charge on any atom is -0.497 e. The number of nitrogens with one attached hydrogen (secondary N) is 2. The lowest BCUT2D eigenvalue weighted by Gasteiger charge is -2.08. The predicted molar refractivity (Wildman–Crippen MR) is 90.3 cm³/mol. The molecular formula is C16H20ClN3O3. The van der Waals surface area contributed by atoms with Crippen molar-refractivity contribution < 1.29 is 14.3 Å². The Hall–Kier alpha value is -2.31. The largest absolute Gasteiger partial charge is 0.497 e. The second kappa shape index (κ2) is 9.66. The van der Waals surface area contributed by atoms with Crippen LogP contribution in [0.3, 0.4) is 0 Å². The van der Waals surface area contributed by atoms with E-state index in [-0.39, 0.29) is 18.3 Å². The van der Waals surface area contributed by atoms with Gasteiger partial charge in [-0.05, 0) is 24.7 Å². The fraction of sp³-hybridized carbons (Fsp3) is 0.250. The van der Waals surface area contributed by atoms with Gasteiger partial charge in [-0.15, -0.1) is 12.4 Å². The Morgan fingerprint density at radius 3 is 2.65 bits per heavy atom. The number of amides is 1. The summed E-state index contributed by atoms with van der Waals surface area (Å²) in [5.41, 5.74) is 0.905. The zero-order valence-corrected chi connectivity index (χ0v) is 13.9. The first-order valence-electron chi connectivity index (χ1n) is 6.89. The summed E-state index contributed by atoms with van der Waals surface area (Å²) in [5.74, 6) is 1.81. The Morgan fingerprint density at radius 2 is 2.00 bits per heavy atom. The number of halogens is 1. The highest BCUT2D eigenvalue weighted by atomic mass is 35.5. The molecule has 1 aromatic carbocycles. The van der Waals surface area contributed by atoms with Gasteiger partial charge in [-0.25, -0.2) is 4.98 Å². The average molecular weight is 338 g/mol. The molecule has 0 atom stereocenters. The molecule has 0 unspecified atom stereocenters. The van der Waals surface area contributed by atoms with Gasteiger partial charge in [0.1, 0.15) is 11.5 Å². The number of hydrogen-bond acceptors (Lipinski definition) is 5. The van der Waals surface area contributed by atoms with Gasteiger partial charge in [-0.2, -0.15) is 0 Å². The van der Waals surface area contributed by atoms with Crippen molar-refractivity contribution in [3.05, 3.63) is 48.2 Å². The van der Waals surface area contributed by atoms with Crippen LogP contribution in [0.15, 0.2) is 42.6 Å². The van der Waals surface area contributed by atoms with Gasteiger partial charge in [0.25, 0.3) is 0 Å². The number of likely N-dealkylation sites (N-methyl/N-ethyl adjacent to an activating group) is 1. The third-order valence-electron chi connectivity index (χ3n) is 2.89. The molecule has 1 amide bonds. The number of rotatable bonds is 7. The van der Waals surface area contributed by atoms with E-state index >= 15 is 0 Å². The van der Waals surface area contributed by atoms with Gasteiger partial charge in [0.2, 0.25) is 11.8 Å². The van der Waals surface area contributed by atoms with Crippen molar-refractivity contribution in [1.29, 1.82) is 0 Å². The number of benzene rings is 1. The summed E-state index contributed by atoms with van der Waals surface area (Å²) in [7, 11) is 3.33. The van der Waals surface area contributed by atoms with Crippen LogP contribution in [-0.2, 0) is 11.3 Å². The average Bonchev–Trinajstić information content (AvgIpc) is 2.55. The number of methoxy groups -OCH3 is 1. The summed E-state index contributed by atoms with van der Waals surface area (Å²) in [6.07, 6.45) is 1.68. The smallest absolute Gasteiger partial charge is 0.234 e. The zero-order chi connectivity index (χ0) is 15.8. The van der Waals surface area contributed by atoms with Crippen LogP contribution in [0.1, 0.15) is 5.56 Å². The summed E-state index contributed by atoms with van der Waals surface area (Å²) in [6.45, 7) is 0.734. The molecule has 0 spiro atoms. The van der Waals surface area contributed by atoms with E-state index in [0.29, 0.717) is 24.7 Å². The van der Waals surface area contributed by atoms with Gasteiger partial charge in [0, 0.05) is 24.9 Å². The fourth-order valence-corrected chi connectivity index (χ4v) is 1.78. The van der Waals surface area contributed by atoms with Crippen LogP contribution in [0.5, 0.6) is 17.4 Å². The molecule has 7 heteroatoms. The molecule has 6 nitrogen and oxygen atoms in total. The van der Waals surface area contributed by atoms with Crippen molar-refractivity contribution in [1.82, 2.24) is 15.6 Å². The van der Waals surface area contributed by atoms with Crippen molar-refractivity contribution in [3.8, 4) is 17.4 Å². The van der Waals surface area contributed by atoms with Crippen LogP contribution < -0.4 is 20.1 Å². The van der Waals surface area contributed by atoms with Crippen molar-refractivity contribution in [2.45, 2.75) is 6.54 Å². The minimum absolute atomic E-state index is 0. The first kappa shape index (κ1) is 18.7. The van der Waals surface area contributed by atoms with E-state index in [4.69, 9.17) is 9.47 Å². The molecule has 0 saturated carbocycles. The highest BCUT2D eigenvalue weighted by molar-refractivity contribution is 5.85. The second-order valence-electron chi connectivity index (χ2n) is 4.59. The summed E-state index contributed by atoms with van der Waals surface area (Å²) >= 11 is 0. The van der Waals surface area contributed by atoms with E-state index in [1.807, 2.05) is 24.3 Å². The maximum atomic E-state index is 11.4. The SMILES string of the molecule is CNCC(=O)NCc1ccc(Oc2cccc(OC)c2)nc1.Cl.